The number of aromatic nitrogens is 1. The van der Waals surface area contributed by atoms with Crippen molar-refractivity contribution in [1.29, 1.82) is 0 Å². The number of hydrogen-bond acceptors (Lipinski definition) is 5. The van der Waals surface area contributed by atoms with E-state index in [-0.39, 0.29) is 5.91 Å². The Morgan fingerprint density at radius 2 is 2.04 bits per heavy atom. The highest BCUT2D eigenvalue weighted by atomic mass is 35.5. The van der Waals surface area contributed by atoms with Gasteiger partial charge >= 0.3 is 0 Å². The molecule has 0 spiro atoms. The van der Waals surface area contributed by atoms with Crippen LogP contribution in [0.1, 0.15) is 10.4 Å². The summed E-state index contributed by atoms with van der Waals surface area (Å²) in [7, 11) is 0. The van der Waals surface area contributed by atoms with Crippen molar-refractivity contribution in [3.05, 3.63) is 47.1 Å². The average Bonchev–Trinajstić information content (AvgIpc) is 2.56. The van der Waals surface area contributed by atoms with Gasteiger partial charge in [-0.25, -0.2) is 4.98 Å². The largest absolute Gasteiger partial charge is 0.399 e. The number of nitrogens with two attached hydrogens (primary N) is 1. The average molecular weight is 333 g/mol. The van der Waals surface area contributed by atoms with Crippen LogP contribution in [0.5, 0.6) is 0 Å². The zero-order valence-electron chi connectivity index (χ0n) is 12.5. The Hall–Kier alpha value is -2.31. The minimum atomic E-state index is -0.318. The number of nitrogen functional groups attached to an aromatic ring is 1. The van der Waals surface area contributed by atoms with Crippen LogP contribution in [0, 0.1) is 0 Å². The van der Waals surface area contributed by atoms with Crippen molar-refractivity contribution in [3.63, 3.8) is 0 Å². The minimum Gasteiger partial charge on any atom is -0.399 e. The molecule has 0 bridgehead atoms. The summed E-state index contributed by atoms with van der Waals surface area (Å²) >= 11 is 6.04. The summed E-state index contributed by atoms with van der Waals surface area (Å²) in [5, 5.41) is 3.04. The number of anilines is 3. The number of carbonyl (C=O) groups excluding carboxylic acids is 1. The zero-order chi connectivity index (χ0) is 16.2. The molecule has 1 amide bonds. The van der Waals surface area contributed by atoms with Gasteiger partial charge in [0.25, 0.3) is 5.91 Å². The van der Waals surface area contributed by atoms with E-state index in [0.29, 0.717) is 35.3 Å². The highest BCUT2D eigenvalue weighted by molar-refractivity contribution is 6.34. The van der Waals surface area contributed by atoms with Gasteiger partial charge in [-0.1, -0.05) is 11.6 Å². The van der Waals surface area contributed by atoms with Crippen molar-refractivity contribution in [3.8, 4) is 0 Å². The number of morpholine rings is 1. The SMILES string of the molecule is Nc1ccc(C(=O)Nc2ccc(N3CCOCC3)cn2)c(Cl)c1. The monoisotopic (exact) mass is 332 g/mol. The van der Waals surface area contributed by atoms with Crippen LogP contribution in [0.3, 0.4) is 0 Å². The van der Waals surface area contributed by atoms with Gasteiger partial charge in [-0.2, -0.15) is 0 Å². The fourth-order valence-corrected chi connectivity index (χ4v) is 2.64. The van der Waals surface area contributed by atoms with Crippen LogP contribution in [0.25, 0.3) is 0 Å². The first-order valence-corrected chi connectivity index (χ1v) is 7.66. The van der Waals surface area contributed by atoms with Crippen molar-refractivity contribution >= 4 is 34.7 Å². The molecule has 0 aliphatic carbocycles. The van der Waals surface area contributed by atoms with Gasteiger partial charge in [0.15, 0.2) is 0 Å². The quantitative estimate of drug-likeness (QED) is 0.844. The maximum Gasteiger partial charge on any atom is 0.258 e. The molecule has 0 radical (unpaired) electrons. The molecular formula is C16H17ClN4O2. The lowest BCUT2D eigenvalue weighted by Gasteiger charge is -2.28. The van der Waals surface area contributed by atoms with Crippen LogP contribution >= 0.6 is 11.6 Å². The van der Waals surface area contributed by atoms with E-state index in [1.165, 1.54) is 0 Å². The molecule has 2 aromatic rings. The van der Waals surface area contributed by atoms with Gasteiger partial charge < -0.3 is 20.7 Å². The van der Waals surface area contributed by atoms with Gasteiger partial charge in [-0.3, -0.25) is 4.79 Å². The smallest absolute Gasteiger partial charge is 0.258 e. The fourth-order valence-electron chi connectivity index (χ4n) is 2.37. The maximum absolute atomic E-state index is 12.2. The number of pyridine rings is 1. The van der Waals surface area contributed by atoms with E-state index in [1.54, 1.807) is 30.5 Å². The number of rotatable bonds is 3. The van der Waals surface area contributed by atoms with E-state index in [2.05, 4.69) is 15.2 Å². The second-order valence-electron chi connectivity index (χ2n) is 5.19. The standard InChI is InChI=1S/C16H17ClN4O2/c17-14-9-11(18)1-3-13(14)16(22)20-15-4-2-12(10-19-15)21-5-7-23-8-6-21/h1-4,9-10H,5-8,18H2,(H,19,20,22). The first kappa shape index (κ1) is 15.6. The molecule has 2 heterocycles. The highest BCUT2D eigenvalue weighted by Crippen LogP contribution is 2.21. The fraction of sp³-hybridized carbons (Fsp3) is 0.250. The molecule has 6 nitrogen and oxygen atoms in total. The third kappa shape index (κ3) is 3.72. The van der Waals surface area contributed by atoms with Crippen LogP contribution in [0.15, 0.2) is 36.5 Å². The van der Waals surface area contributed by atoms with E-state index in [0.717, 1.165) is 18.8 Å². The Bertz CT molecular complexity index is 700. The van der Waals surface area contributed by atoms with E-state index < -0.39 is 0 Å². The highest BCUT2D eigenvalue weighted by Gasteiger charge is 2.13. The van der Waals surface area contributed by atoms with E-state index in [9.17, 15) is 4.79 Å². The number of nitrogens with one attached hydrogen (secondary N) is 1. The lowest BCUT2D eigenvalue weighted by Crippen LogP contribution is -2.36. The number of hydrogen-bond donors (Lipinski definition) is 2. The van der Waals surface area contributed by atoms with Gasteiger partial charge in [0.2, 0.25) is 0 Å². The second kappa shape index (κ2) is 6.85. The number of amides is 1. The van der Waals surface area contributed by atoms with E-state index >= 15 is 0 Å². The topological polar surface area (TPSA) is 80.5 Å². The molecule has 0 unspecified atom stereocenters. The zero-order valence-corrected chi connectivity index (χ0v) is 13.2. The molecule has 3 rings (SSSR count). The molecule has 1 saturated heterocycles. The van der Waals surface area contributed by atoms with Gasteiger partial charge in [0, 0.05) is 18.8 Å². The molecule has 23 heavy (non-hydrogen) atoms. The summed E-state index contributed by atoms with van der Waals surface area (Å²) in [6, 6.07) is 8.47. The summed E-state index contributed by atoms with van der Waals surface area (Å²) < 4.78 is 5.33. The number of halogens is 1. The predicted octanol–water partition coefficient (Wildman–Crippen LogP) is 2.41. The molecule has 1 fully saturated rings. The van der Waals surface area contributed by atoms with Crippen molar-refractivity contribution in [2.75, 3.05) is 42.3 Å². The van der Waals surface area contributed by atoms with E-state index in [4.69, 9.17) is 22.1 Å². The van der Waals surface area contributed by atoms with Gasteiger partial charge in [-0.15, -0.1) is 0 Å². The summed E-state index contributed by atoms with van der Waals surface area (Å²) in [5.41, 5.74) is 7.51. The number of nitrogens with zero attached hydrogens (tertiary/aromatic N) is 2. The van der Waals surface area contributed by atoms with Crippen LogP contribution in [0.2, 0.25) is 5.02 Å². The van der Waals surface area contributed by atoms with Crippen molar-refractivity contribution < 1.29 is 9.53 Å². The number of ether oxygens (including phenoxy) is 1. The van der Waals surface area contributed by atoms with Gasteiger partial charge in [0.05, 0.1) is 35.7 Å². The van der Waals surface area contributed by atoms with E-state index in [1.807, 2.05) is 6.07 Å². The summed E-state index contributed by atoms with van der Waals surface area (Å²) in [6.45, 7) is 3.12. The first-order chi connectivity index (χ1) is 11.1. The van der Waals surface area contributed by atoms with Gasteiger partial charge in [-0.05, 0) is 30.3 Å². The Kier molecular flexibility index (Phi) is 4.64. The third-order valence-electron chi connectivity index (χ3n) is 3.60. The normalized spacial score (nSPS) is 14.6. The van der Waals surface area contributed by atoms with Crippen molar-refractivity contribution in [2.45, 2.75) is 0 Å². The van der Waals surface area contributed by atoms with Crippen LogP contribution in [-0.4, -0.2) is 37.2 Å². The first-order valence-electron chi connectivity index (χ1n) is 7.28. The van der Waals surface area contributed by atoms with Gasteiger partial charge in [0.1, 0.15) is 5.82 Å². The van der Waals surface area contributed by atoms with Crippen LogP contribution in [0.4, 0.5) is 17.2 Å². The molecule has 1 aliphatic heterocycles. The molecule has 1 aromatic heterocycles. The minimum absolute atomic E-state index is 0.312. The Balaban J connectivity index is 1.69. The van der Waals surface area contributed by atoms with Crippen molar-refractivity contribution in [1.82, 2.24) is 4.98 Å². The molecule has 7 heteroatoms. The molecule has 1 aromatic carbocycles. The summed E-state index contributed by atoms with van der Waals surface area (Å²) in [6.07, 6.45) is 1.74. The van der Waals surface area contributed by atoms with Crippen LogP contribution in [-0.2, 0) is 4.74 Å². The van der Waals surface area contributed by atoms with Crippen molar-refractivity contribution in [2.24, 2.45) is 0 Å². The summed E-state index contributed by atoms with van der Waals surface area (Å²) in [4.78, 5) is 18.7. The maximum atomic E-state index is 12.2. The Labute approximate surface area is 139 Å². The molecule has 3 N–H and O–H groups in total. The predicted molar refractivity (Wildman–Crippen MR) is 91.1 cm³/mol. The Morgan fingerprint density at radius 1 is 1.26 bits per heavy atom. The molecule has 1 aliphatic rings. The molecule has 0 atom stereocenters. The third-order valence-corrected chi connectivity index (χ3v) is 3.92. The Morgan fingerprint density at radius 3 is 2.70 bits per heavy atom. The van der Waals surface area contributed by atoms with Crippen LogP contribution < -0.4 is 16.0 Å². The number of carbonyl (C=O) groups is 1. The molecule has 120 valence electrons. The summed E-state index contributed by atoms with van der Waals surface area (Å²) in [5.74, 6) is 0.154. The number of benzene rings is 1. The lowest BCUT2D eigenvalue weighted by atomic mass is 10.2. The molecule has 0 saturated carbocycles. The second-order valence-corrected chi connectivity index (χ2v) is 5.60. The lowest BCUT2D eigenvalue weighted by molar-refractivity contribution is 0.102. The molecular weight excluding hydrogens is 316 g/mol.